The Morgan fingerprint density at radius 3 is 2.39 bits per heavy atom. The second-order valence-corrected chi connectivity index (χ2v) is 5.11. The molecule has 1 fully saturated rings. The van der Waals surface area contributed by atoms with Gasteiger partial charge in [0.15, 0.2) is 5.76 Å². The first-order valence-corrected chi connectivity index (χ1v) is 5.86. The van der Waals surface area contributed by atoms with E-state index in [2.05, 4.69) is 4.74 Å². The van der Waals surface area contributed by atoms with Crippen molar-refractivity contribution in [1.29, 1.82) is 0 Å². The van der Waals surface area contributed by atoms with E-state index >= 15 is 0 Å². The molecule has 7 heteroatoms. The fraction of sp³-hybridized carbons (Fsp3) is 0.727. The fourth-order valence-corrected chi connectivity index (χ4v) is 2.07. The summed E-state index contributed by atoms with van der Waals surface area (Å²) in [4.78, 5) is 10.9. The highest BCUT2D eigenvalue weighted by Gasteiger charge is 2.62. The zero-order chi connectivity index (χ0) is 14.1. The summed E-state index contributed by atoms with van der Waals surface area (Å²) in [5.74, 6) is -3.81. The second kappa shape index (κ2) is 4.99. The molecule has 3 nitrogen and oxygen atoms in total. The summed E-state index contributed by atoms with van der Waals surface area (Å²) in [6.07, 6.45) is -3.78. The molecule has 0 radical (unpaired) electrons. The first kappa shape index (κ1) is 15.1. The Balaban J connectivity index is 2.87. The van der Waals surface area contributed by atoms with E-state index in [-0.39, 0.29) is 12.5 Å². The number of aliphatic carboxylic acids is 1. The Labute approximate surface area is 108 Å². The SMILES string of the molecule is CC1(C)C(/C=C(/OCCCl)C(F)(F)F)C1C(=O)O. The summed E-state index contributed by atoms with van der Waals surface area (Å²) in [6.45, 7) is 2.96. The molecule has 1 aliphatic carbocycles. The summed E-state index contributed by atoms with van der Waals surface area (Å²) in [5, 5.41) is 8.88. The Hall–Kier alpha value is -0.910. The van der Waals surface area contributed by atoms with Crippen LogP contribution in [0.2, 0.25) is 0 Å². The molecule has 0 heterocycles. The molecule has 2 unspecified atom stereocenters. The van der Waals surface area contributed by atoms with E-state index in [0.717, 1.165) is 6.08 Å². The van der Waals surface area contributed by atoms with Crippen molar-refractivity contribution >= 4 is 17.6 Å². The Morgan fingerprint density at radius 1 is 1.50 bits per heavy atom. The molecule has 0 aromatic heterocycles. The summed E-state index contributed by atoms with van der Waals surface area (Å²) in [6, 6.07) is 0. The lowest BCUT2D eigenvalue weighted by Crippen LogP contribution is -2.16. The zero-order valence-electron chi connectivity index (χ0n) is 9.92. The minimum absolute atomic E-state index is 0.0656. The number of alkyl halides is 4. The standard InChI is InChI=1S/C11H14ClF3O3/c1-10(2)6(8(10)9(16)17)5-7(11(13,14)15)18-4-3-12/h5-6,8H,3-4H2,1-2H3,(H,16,17)/b7-5+. The molecule has 104 valence electrons. The number of allylic oxidation sites excluding steroid dienone is 2. The molecule has 0 aromatic rings. The van der Waals surface area contributed by atoms with Gasteiger partial charge in [-0.1, -0.05) is 13.8 Å². The minimum atomic E-state index is -4.63. The van der Waals surface area contributed by atoms with Crippen LogP contribution < -0.4 is 0 Å². The molecule has 1 saturated carbocycles. The van der Waals surface area contributed by atoms with Crippen molar-refractivity contribution in [3.63, 3.8) is 0 Å². The fourth-order valence-electron chi connectivity index (χ4n) is 2.00. The smallest absolute Gasteiger partial charge is 0.448 e. The molecule has 2 atom stereocenters. The molecule has 0 saturated heterocycles. The number of halogens is 4. The van der Waals surface area contributed by atoms with Crippen LogP contribution >= 0.6 is 11.6 Å². The monoisotopic (exact) mass is 286 g/mol. The van der Waals surface area contributed by atoms with Gasteiger partial charge in [-0.05, 0) is 11.5 Å². The first-order valence-electron chi connectivity index (χ1n) is 5.33. The van der Waals surface area contributed by atoms with Crippen LogP contribution in [0.3, 0.4) is 0 Å². The predicted molar refractivity (Wildman–Crippen MR) is 59.2 cm³/mol. The lowest BCUT2D eigenvalue weighted by molar-refractivity contribution is -0.139. The van der Waals surface area contributed by atoms with E-state index in [1.165, 1.54) is 0 Å². The van der Waals surface area contributed by atoms with Gasteiger partial charge in [-0.3, -0.25) is 4.79 Å². The van der Waals surface area contributed by atoms with Gasteiger partial charge in [-0.15, -0.1) is 11.6 Å². The van der Waals surface area contributed by atoms with Gasteiger partial charge in [-0.25, -0.2) is 0 Å². The van der Waals surface area contributed by atoms with Crippen LogP contribution in [0.15, 0.2) is 11.8 Å². The lowest BCUT2D eigenvalue weighted by Gasteiger charge is -2.12. The third kappa shape index (κ3) is 3.10. The van der Waals surface area contributed by atoms with Crippen molar-refractivity contribution in [2.75, 3.05) is 12.5 Å². The maximum Gasteiger partial charge on any atom is 0.448 e. The molecule has 1 N–H and O–H groups in total. The second-order valence-electron chi connectivity index (χ2n) is 4.73. The van der Waals surface area contributed by atoms with E-state index < -0.39 is 35.2 Å². The van der Waals surface area contributed by atoms with Crippen molar-refractivity contribution in [2.24, 2.45) is 17.3 Å². The number of ether oxygens (including phenoxy) is 1. The largest absolute Gasteiger partial charge is 0.488 e. The highest BCUT2D eigenvalue weighted by atomic mass is 35.5. The van der Waals surface area contributed by atoms with Crippen molar-refractivity contribution in [3.05, 3.63) is 11.8 Å². The Kier molecular flexibility index (Phi) is 4.20. The predicted octanol–water partition coefficient (Wildman–Crippen LogP) is 3.04. The number of carboxylic acid groups (broad SMARTS) is 1. The highest BCUT2D eigenvalue weighted by Crippen LogP contribution is 2.59. The first-order chi connectivity index (χ1) is 8.12. The molecule has 1 aliphatic rings. The molecule has 0 amide bonds. The van der Waals surface area contributed by atoms with Gasteiger partial charge in [0.25, 0.3) is 0 Å². The van der Waals surface area contributed by atoms with Crippen LogP contribution in [0.5, 0.6) is 0 Å². The van der Waals surface area contributed by atoms with Gasteiger partial charge in [0.1, 0.15) is 6.61 Å². The van der Waals surface area contributed by atoms with Crippen molar-refractivity contribution in [2.45, 2.75) is 20.0 Å². The van der Waals surface area contributed by atoms with Gasteiger partial charge >= 0.3 is 12.1 Å². The van der Waals surface area contributed by atoms with Crippen LogP contribution in [0, 0.1) is 17.3 Å². The molecule has 1 rings (SSSR count). The van der Waals surface area contributed by atoms with E-state index in [4.69, 9.17) is 16.7 Å². The molecule has 18 heavy (non-hydrogen) atoms. The van der Waals surface area contributed by atoms with E-state index in [0.29, 0.717) is 0 Å². The van der Waals surface area contributed by atoms with E-state index in [1.807, 2.05) is 0 Å². The number of rotatable bonds is 5. The minimum Gasteiger partial charge on any atom is -0.488 e. The van der Waals surface area contributed by atoms with Crippen molar-refractivity contribution in [3.8, 4) is 0 Å². The topological polar surface area (TPSA) is 46.5 Å². The van der Waals surface area contributed by atoms with Crippen LogP contribution in [0.25, 0.3) is 0 Å². The quantitative estimate of drug-likeness (QED) is 0.624. The summed E-state index contributed by atoms with van der Waals surface area (Å²) in [5.41, 5.74) is -0.688. The van der Waals surface area contributed by atoms with E-state index in [1.54, 1.807) is 13.8 Å². The third-order valence-corrected chi connectivity index (χ3v) is 3.28. The van der Waals surface area contributed by atoms with Crippen LogP contribution in [-0.2, 0) is 9.53 Å². The average molecular weight is 287 g/mol. The van der Waals surface area contributed by atoms with Gasteiger partial charge in [0.05, 0.1) is 11.8 Å². The molecule has 0 bridgehead atoms. The van der Waals surface area contributed by atoms with Crippen LogP contribution in [-0.4, -0.2) is 29.7 Å². The third-order valence-electron chi connectivity index (χ3n) is 3.12. The summed E-state index contributed by atoms with van der Waals surface area (Å²) in [7, 11) is 0. The normalized spacial score (nSPS) is 26.9. The van der Waals surface area contributed by atoms with Crippen molar-refractivity contribution < 1.29 is 27.8 Å². The molecule has 0 aliphatic heterocycles. The highest BCUT2D eigenvalue weighted by molar-refractivity contribution is 6.17. The van der Waals surface area contributed by atoms with Gasteiger partial charge in [-0.2, -0.15) is 13.2 Å². The van der Waals surface area contributed by atoms with Crippen molar-refractivity contribution in [1.82, 2.24) is 0 Å². The number of carboxylic acids is 1. The average Bonchev–Trinajstić information content (AvgIpc) is 2.73. The van der Waals surface area contributed by atoms with Crippen LogP contribution in [0.4, 0.5) is 13.2 Å². The van der Waals surface area contributed by atoms with Gasteiger partial charge in [0, 0.05) is 5.92 Å². The molecular formula is C11H14ClF3O3. The van der Waals surface area contributed by atoms with Gasteiger partial charge < -0.3 is 9.84 Å². The number of carbonyl (C=O) groups is 1. The van der Waals surface area contributed by atoms with Crippen LogP contribution in [0.1, 0.15) is 13.8 Å². The maximum absolute atomic E-state index is 12.6. The summed E-state index contributed by atoms with van der Waals surface area (Å²) < 4.78 is 42.4. The molecule has 0 aromatic carbocycles. The molecule has 0 spiro atoms. The number of hydrogen-bond donors (Lipinski definition) is 1. The Morgan fingerprint density at radius 2 is 2.06 bits per heavy atom. The van der Waals surface area contributed by atoms with Gasteiger partial charge in [0.2, 0.25) is 0 Å². The molecular weight excluding hydrogens is 273 g/mol. The van der Waals surface area contributed by atoms with E-state index in [9.17, 15) is 18.0 Å². The maximum atomic E-state index is 12.6. The Bertz CT molecular complexity index is 363. The lowest BCUT2D eigenvalue weighted by atomic mass is 10.1. The summed E-state index contributed by atoms with van der Waals surface area (Å²) >= 11 is 5.27. The number of hydrogen-bond acceptors (Lipinski definition) is 2. The zero-order valence-corrected chi connectivity index (χ0v) is 10.7.